The summed E-state index contributed by atoms with van der Waals surface area (Å²) in [5.74, 6) is -0.584. The quantitative estimate of drug-likeness (QED) is 0.874. The van der Waals surface area contributed by atoms with E-state index in [1.807, 2.05) is 0 Å². The van der Waals surface area contributed by atoms with Crippen molar-refractivity contribution in [3.8, 4) is 5.75 Å². The number of aromatic carboxylic acids is 1. The van der Waals surface area contributed by atoms with Gasteiger partial charge in [-0.3, -0.25) is 4.79 Å². The van der Waals surface area contributed by atoms with Gasteiger partial charge < -0.3 is 15.2 Å². The lowest BCUT2D eigenvalue weighted by Gasteiger charge is -2.18. The molecule has 1 atom stereocenters. The van der Waals surface area contributed by atoms with Crippen LogP contribution in [0.3, 0.4) is 0 Å². The van der Waals surface area contributed by atoms with Gasteiger partial charge in [-0.25, -0.2) is 4.79 Å². The van der Waals surface area contributed by atoms with Gasteiger partial charge in [-0.05, 0) is 50.5 Å². The number of carbonyl (C=O) groups is 2. The molecule has 2 rings (SSSR count). The second kappa shape index (κ2) is 6.61. The van der Waals surface area contributed by atoms with Gasteiger partial charge in [-0.1, -0.05) is 12.8 Å². The minimum Gasteiger partial charge on any atom is -0.481 e. The predicted molar refractivity (Wildman–Crippen MR) is 78.6 cm³/mol. The highest BCUT2D eigenvalue weighted by Gasteiger charge is 2.21. The van der Waals surface area contributed by atoms with Crippen LogP contribution < -0.4 is 10.1 Å². The van der Waals surface area contributed by atoms with Crippen LogP contribution in [-0.2, 0) is 4.79 Å². The van der Waals surface area contributed by atoms with E-state index in [0.29, 0.717) is 11.3 Å². The van der Waals surface area contributed by atoms with Crippen molar-refractivity contribution in [1.82, 2.24) is 5.32 Å². The largest absolute Gasteiger partial charge is 0.481 e. The second-order valence-corrected chi connectivity index (χ2v) is 5.53. The molecule has 1 aromatic rings. The molecule has 0 aromatic heterocycles. The van der Waals surface area contributed by atoms with E-state index in [-0.39, 0.29) is 17.5 Å². The fourth-order valence-electron chi connectivity index (χ4n) is 2.60. The Hall–Kier alpha value is -2.04. The molecule has 1 fully saturated rings. The Morgan fingerprint density at radius 1 is 1.33 bits per heavy atom. The molecule has 0 saturated heterocycles. The summed E-state index contributed by atoms with van der Waals surface area (Å²) in [5.41, 5.74) is 0.855. The summed E-state index contributed by atoms with van der Waals surface area (Å²) in [4.78, 5) is 23.0. The lowest BCUT2D eigenvalue weighted by molar-refractivity contribution is -0.127. The van der Waals surface area contributed by atoms with Crippen molar-refractivity contribution >= 4 is 11.9 Å². The Morgan fingerprint density at radius 3 is 2.57 bits per heavy atom. The topological polar surface area (TPSA) is 75.6 Å². The minimum absolute atomic E-state index is 0.123. The standard InChI is InChI=1S/C16H21NO4/c1-10-9-13(7-8-14(10)16(19)20)21-11(2)15(18)17-12-5-3-4-6-12/h7-9,11-12H,3-6H2,1-2H3,(H,17,18)(H,19,20). The SMILES string of the molecule is Cc1cc(OC(C)C(=O)NC2CCCC2)ccc1C(=O)O. The third-order valence-corrected chi connectivity index (χ3v) is 3.81. The molecular weight excluding hydrogens is 270 g/mol. The highest BCUT2D eigenvalue weighted by Crippen LogP contribution is 2.20. The van der Waals surface area contributed by atoms with E-state index < -0.39 is 12.1 Å². The van der Waals surface area contributed by atoms with Crippen LogP contribution in [0.2, 0.25) is 0 Å². The lowest BCUT2D eigenvalue weighted by Crippen LogP contribution is -2.41. The van der Waals surface area contributed by atoms with Gasteiger partial charge in [0.1, 0.15) is 5.75 Å². The predicted octanol–water partition coefficient (Wildman–Crippen LogP) is 2.52. The van der Waals surface area contributed by atoms with Gasteiger partial charge in [0.05, 0.1) is 5.56 Å². The zero-order valence-electron chi connectivity index (χ0n) is 12.4. The Kier molecular flexibility index (Phi) is 4.83. The van der Waals surface area contributed by atoms with E-state index in [9.17, 15) is 9.59 Å². The highest BCUT2D eigenvalue weighted by molar-refractivity contribution is 5.89. The molecule has 2 N–H and O–H groups in total. The van der Waals surface area contributed by atoms with Gasteiger partial charge in [-0.15, -0.1) is 0 Å². The maximum Gasteiger partial charge on any atom is 0.335 e. The molecule has 5 nitrogen and oxygen atoms in total. The van der Waals surface area contributed by atoms with Crippen LogP contribution in [0.1, 0.15) is 48.5 Å². The van der Waals surface area contributed by atoms with Crippen molar-refractivity contribution in [3.05, 3.63) is 29.3 Å². The fraction of sp³-hybridized carbons (Fsp3) is 0.500. The zero-order valence-corrected chi connectivity index (χ0v) is 12.4. The summed E-state index contributed by atoms with van der Waals surface area (Å²) in [6.07, 6.45) is 3.79. The van der Waals surface area contributed by atoms with Crippen molar-refractivity contribution in [2.75, 3.05) is 0 Å². The van der Waals surface area contributed by atoms with Gasteiger partial charge in [0.25, 0.3) is 5.91 Å². The maximum atomic E-state index is 12.0. The number of aryl methyl sites for hydroxylation is 1. The first-order chi connectivity index (χ1) is 9.97. The Labute approximate surface area is 124 Å². The van der Waals surface area contributed by atoms with Crippen LogP contribution in [0.25, 0.3) is 0 Å². The summed E-state index contributed by atoms with van der Waals surface area (Å²) < 4.78 is 5.60. The fourth-order valence-corrected chi connectivity index (χ4v) is 2.60. The first kappa shape index (κ1) is 15.4. The summed E-state index contributed by atoms with van der Waals surface area (Å²) in [5, 5.41) is 12.0. The van der Waals surface area contributed by atoms with Crippen LogP contribution in [0.5, 0.6) is 5.75 Å². The monoisotopic (exact) mass is 291 g/mol. The molecule has 1 amide bonds. The van der Waals surface area contributed by atoms with E-state index in [2.05, 4.69) is 5.32 Å². The van der Waals surface area contributed by atoms with Gasteiger partial charge >= 0.3 is 5.97 Å². The third-order valence-electron chi connectivity index (χ3n) is 3.81. The molecule has 5 heteroatoms. The van der Waals surface area contributed by atoms with Crippen LogP contribution in [0, 0.1) is 6.92 Å². The normalized spacial score (nSPS) is 16.5. The molecular formula is C16H21NO4. The second-order valence-electron chi connectivity index (χ2n) is 5.53. The van der Waals surface area contributed by atoms with E-state index >= 15 is 0 Å². The number of carboxylic acid groups (broad SMARTS) is 1. The van der Waals surface area contributed by atoms with Crippen LogP contribution in [-0.4, -0.2) is 29.1 Å². The number of amides is 1. The molecule has 1 saturated carbocycles. The van der Waals surface area contributed by atoms with Gasteiger partial charge in [0.2, 0.25) is 0 Å². The van der Waals surface area contributed by atoms with Gasteiger partial charge in [-0.2, -0.15) is 0 Å². The average molecular weight is 291 g/mol. The molecule has 1 aromatic carbocycles. The van der Waals surface area contributed by atoms with E-state index in [0.717, 1.165) is 25.7 Å². The number of hydrogen-bond donors (Lipinski definition) is 2. The first-order valence-electron chi connectivity index (χ1n) is 7.28. The van der Waals surface area contributed by atoms with Crippen LogP contribution in [0.4, 0.5) is 0 Å². The molecule has 0 radical (unpaired) electrons. The highest BCUT2D eigenvalue weighted by atomic mass is 16.5. The van der Waals surface area contributed by atoms with Crippen molar-refractivity contribution in [1.29, 1.82) is 0 Å². The molecule has 0 bridgehead atoms. The molecule has 21 heavy (non-hydrogen) atoms. The van der Waals surface area contributed by atoms with Gasteiger partial charge in [0.15, 0.2) is 6.10 Å². The summed E-state index contributed by atoms with van der Waals surface area (Å²) in [7, 11) is 0. The molecule has 1 aliphatic carbocycles. The number of carbonyl (C=O) groups excluding carboxylic acids is 1. The maximum absolute atomic E-state index is 12.0. The number of ether oxygens (including phenoxy) is 1. The van der Waals surface area contributed by atoms with Crippen molar-refractivity contribution in [2.24, 2.45) is 0 Å². The van der Waals surface area contributed by atoms with E-state index in [4.69, 9.17) is 9.84 Å². The van der Waals surface area contributed by atoms with Crippen molar-refractivity contribution in [2.45, 2.75) is 51.7 Å². The Bertz CT molecular complexity index is 535. The number of benzene rings is 1. The van der Waals surface area contributed by atoms with Crippen LogP contribution >= 0.6 is 0 Å². The molecule has 1 unspecified atom stereocenters. The Morgan fingerprint density at radius 2 is 2.00 bits per heavy atom. The molecule has 1 aliphatic rings. The minimum atomic E-state index is -0.967. The van der Waals surface area contributed by atoms with E-state index in [1.165, 1.54) is 6.07 Å². The smallest absolute Gasteiger partial charge is 0.335 e. The van der Waals surface area contributed by atoms with Crippen molar-refractivity contribution in [3.63, 3.8) is 0 Å². The molecule has 0 spiro atoms. The molecule has 0 heterocycles. The molecule has 114 valence electrons. The Balaban J connectivity index is 1.95. The van der Waals surface area contributed by atoms with Gasteiger partial charge in [0, 0.05) is 6.04 Å². The number of nitrogens with one attached hydrogen (secondary N) is 1. The van der Waals surface area contributed by atoms with Crippen molar-refractivity contribution < 1.29 is 19.4 Å². The summed E-state index contributed by atoms with van der Waals surface area (Å²) >= 11 is 0. The first-order valence-corrected chi connectivity index (χ1v) is 7.28. The number of rotatable bonds is 5. The average Bonchev–Trinajstić information content (AvgIpc) is 2.91. The summed E-state index contributed by atoms with van der Waals surface area (Å²) in [6, 6.07) is 4.98. The number of hydrogen-bond acceptors (Lipinski definition) is 3. The number of carboxylic acids is 1. The third kappa shape index (κ3) is 3.97. The summed E-state index contributed by atoms with van der Waals surface area (Å²) in [6.45, 7) is 3.41. The lowest BCUT2D eigenvalue weighted by atomic mass is 10.1. The molecule has 0 aliphatic heterocycles. The van der Waals surface area contributed by atoms with E-state index in [1.54, 1.807) is 26.0 Å². The van der Waals surface area contributed by atoms with Crippen LogP contribution in [0.15, 0.2) is 18.2 Å². The zero-order chi connectivity index (χ0) is 15.4.